The third-order valence-corrected chi connectivity index (χ3v) is 7.31. The number of amides is 2. The van der Waals surface area contributed by atoms with Gasteiger partial charge in [0.25, 0.3) is 0 Å². The Morgan fingerprint density at radius 1 is 0.939 bits per heavy atom. The van der Waals surface area contributed by atoms with Gasteiger partial charge in [-0.2, -0.15) is 0 Å². The first kappa shape index (κ1) is 23.3. The van der Waals surface area contributed by atoms with Crippen LogP contribution in [-0.2, 0) is 15.0 Å². The lowest BCUT2D eigenvalue weighted by atomic mass is 9.69. The molecule has 1 aliphatic carbocycles. The summed E-state index contributed by atoms with van der Waals surface area (Å²) in [7, 11) is 0. The van der Waals surface area contributed by atoms with Crippen LogP contribution in [-0.4, -0.2) is 48.0 Å². The van der Waals surface area contributed by atoms with Crippen LogP contribution in [0.5, 0.6) is 5.75 Å². The molecule has 0 bridgehead atoms. The number of nitrogens with one attached hydrogen (secondary N) is 2. The van der Waals surface area contributed by atoms with Crippen LogP contribution in [0, 0.1) is 5.92 Å². The molecule has 2 amide bonds. The molecule has 2 fully saturated rings. The van der Waals surface area contributed by atoms with Crippen molar-refractivity contribution in [3.63, 3.8) is 0 Å². The molecule has 2 aliphatic rings. The fourth-order valence-electron chi connectivity index (χ4n) is 5.28. The van der Waals surface area contributed by atoms with Gasteiger partial charge in [0.1, 0.15) is 5.75 Å². The number of carbonyl (C=O) groups is 2. The highest BCUT2D eigenvalue weighted by atomic mass is 16.3. The van der Waals surface area contributed by atoms with E-state index in [-0.39, 0.29) is 28.9 Å². The van der Waals surface area contributed by atoms with Crippen molar-refractivity contribution in [3.8, 4) is 5.75 Å². The average molecular weight is 450 g/mol. The predicted molar refractivity (Wildman–Crippen MR) is 130 cm³/mol. The second-order valence-electron chi connectivity index (χ2n) is 9.54. The molecular weight excluding hydrogens is 414 g/mol. The number of anilines is 1. The first-order valence-electron chi connectivity index (χ1n) is 12.2. The predicted octanol–water partition coefficient (Wildman–Crippen LogP) is 4.06. The summed E-state index contributed by atoms with van der Waals surface area (Å²) in [6.07, 6.45) is 7.35. The SMILES string of the molecule is O=C(CN1CCC(C(=O)Nc2ccccc2O)CC1)NCC1(c2ccccc2)CCCCC1. The van der Waals surface area contributed by atoms with E-state index >= 15 is 0 Å². The average Bonchev–Trinajstić information content (AvgIpc) is 2.86. The lowest BCUT2D eigenvalue weighted by molar-refractivity contribution is -0.123. The molecule has 2 aromatic rings. The summed E-state index contributed by atoms with van der Waals surface area (Å²) in [5, 5.41) is 15.9. The van der Waals surface area contributed by atoms with Crippen LogP contribution in [0.2, 0.25) is 0 Å². The van der Waals surface area contributed by atoms with Gasteiger partial charge in [0.15, 0.2) is 0 Å². The third kappa shape index (κ3) is 5.93. The van der Waals surface area contributed by atoms with Crippen molar-refractivity contribution in [2.24, 2.45) is 5.92 Å². The van der Waals surface area contributed by atoms with Gasteiger partial charge < -0.3 is 15.7 Å². The van der Waals surface area contributed by atoms with Crippen molar-refractivity contribution in [2.45, 2.75) is 50.4 Å². The molecule has 2 aromatic carbocycles. The zero-order valence-corrected chi connectivity index (χ0v) is 19.3. The van der Waals surface area contributed by atoms with Crippen molar-refractivity contribution in [1.82, 2.24) is 10.2 Å². The number of likely N-dealkylation sites (tertiary alicyclic amines) is 1. The highest BCUT2D eigenvalue weighted by Crippen LogP contribution is 2.39. The molecule has 4 rings (SSSR count). The Labute approximate surface area is 196 Å². The molecule has 3 N–H and O–H groups in total. The number of nitrogens with zero attached hydrogens (tertiary/aromatic N) is 1. The number of phenols is 1. The van der Waals surface area contributed by atoms with Crippen LogP contribution in [0.25, 0.3) is 0 Å². The Bertz CT molecular complexity index is 933. The second kappa shape index (κ2) is 10.8. The van der Waals surface area contributed by atoms with Crippen molar-refractivity contribution in [3.05, 3.63) is 60.2 Å². The normalized spacial score (nSPS) is 19.0. The van der Waals surface area contributed by atoms with E-state index in [1.54, 1.807) is 24.3 Å². The molecule has 0 radical (unpaired) electrons. The largest absolute Gasteiger partial charge is 0.506 e. The van der Waals surface area contributed by atoms with Gasteiger partial charge in [-0.1, -0.05) is 61.7 Å². The quantitative estimate of drug-likeness (QED) is 0.557. The number of benzene rings is 2. The Balaban J connectivity index is 1.24. The number of carbonyl (C=O) groups excluding carboxylic acids is 2. The number of hydrogen-bond donors (Lipinski definition) is 3. The number of para-hydroxylation sites is 2. The van der Waals surface area contributed by atoms with Gasteiger partial charge in [-0.05, 0) is 56.5 Å². The van der Waals surface area contributed by atoms with Crippen LogP contribution in [0.15, 0.2) is 54.6 Å². The van der Waals surface area contributed by atoms with E-state index in [0.29, 0.717) is 31.6 Å². The molecule has 1 saturated carbocycles. The minimum atomic E-state index is -0.104. The van der Waals surface area contributed by atoms with Crippen LogP contribution >= 0.6 is 0 Å². The highest BCUT2D eigenvalue weighted by molar-refractivity contribution is 5.93. The Kier molecular flexibility index (Phi) is 7.65. The fraction of sp³-hybridized carbons (Fsp3) is 0.481. The lowest BCUT2D eigenvalue weighted by Crippen LogP contribution is -2.47. The molecular formula is C27H35N3O3. The van der Waals surface area contributed by atoms with E-state index in [2.05, 4.69) is 39.8 Å². The highest BCUT2D eigenvalue weighted by Gasteiger charge is 2.34. The fourth-order valence-corrected chi connectivity index (χ4v) is 5.28. The summed E-state index contributed by atoms with van der Waals surface area (Å²) in [4.78, 5) is 27.5. The van der Waals surface area contributed by atoms with E-state index in [1.807, 2.05) is 6.07 Å². The van der Waals surface area contributed by atoms with E-state index in [0.717, 1.165) is 25.9 Å². The monoisotopic (exact) mass is 449 g/mol. The summed E-state index contributed by atoms with van der Waals surface area (Å²) in [5.74, 6) is -0.0330. The molecule has 1 heterocycles. The molecule has 176 valence electrons. The smallest absolute Gasteiger partial charge is 0.234 e. The van der Waals surface area contributed by atoms with Crippen LogP contribution in [0.3, 0.4) is 0 Å². The van der Waals surface area contributed by atoms with Crippen molar-refractivity contribution >= 4 is 17.5 Å². The minimum absolute atomic E-state index is 0.0449. The number of rotatable bonds is 7. The van der Waals surface area contributed by atoms with Gasteiger partial charge in [-0.15, -0.1) is 0 Å². The number of hydrogen-bond acceptors (Lipinski definition) is 4. The van der Waals surface area contributed by atoms with Crippen molar-refractivity contribution < 1.29 is 14.7 Å². The number of phenolic OH excluding ortho intramolecular Hbond substituents is 1. The van der Waals surface area contributed by atoms with Crippen LogP contribution in [0.1, 0.15) is 50.5 Å². The molecule has 0 unspecified atom stereocenters. The van der Waals surface area contributed by atoms with E-state index in [4.69, 9.17) is 0 Å². The summed E-state index contributed by atoms with van der Waals surface area (Å²) in [5.41, 5.74) is 1.82. The first-order valence-corrected chi connectivity index (χ1v) is 12.2. The van der Waals surface area contributed by atoms with Crippen molar-refractivity contribution in [2.75, 3.05) is 31.5 Å². The summed E-state index contributed by atoms with van der Waals surface area (Å²) >= 11 is 0. The second-order valence-corrected chi connectivity index (χ2v) is 9.54. The third-order valence-electron chi connectivity index (χ3n) is 7.31. The first-order chi connectivity index (χ1) is 16.1. The van der Waals surface area contributed by atoms with Gasteiger partial charge in [0.2, 0.25) is 11.8 Å². The van der Waals surface area contributed by atoms with Gasteiger partial charge in [0.05, 0.1) is 12.2 Å². The van der Waals surface area contributed by atoms with Crippen molar-refractivity contribution in [1.29, 1.82) is 0 Å². The summed E-state index contributed by atoms with van der Waals surface area (Å²) < 4.78 is 0. The molecule has 6 heteroatoms. The Morgan fingerprint density at radius 2 is 1.61 bits per heavy atom. The lowest BCUT2D eigenvalue weighted by Gasteiger charge is -2.38. The van der Waals surface area contributed by atoms with E-state index in [9.17, 15) is 14.7 Å². The Hall–Kier alpha value is -2.86. The van der Waals surface area contributed by atoms with Crippen LogP contribution in [0.4, 0.5) is 5.69 Å². The maximum absolute atomic E-state index is 12.8. The zero-order valence-electron chi connectivity index (χ0n) is 19.3. The zero-order chi connectivity index (χ0) is 23.1. The number of piperidine rings is 1. The van der Waals surface area contributed by atoms with Gasteiger partial charge >= 0.3 is 0 Å². The van der Waals surface area contributed by atoms with Crippen LogP contribution < -0.4 is 10.6 Å². The van der Waals surface area contributed by atoms with Gasteiger partial charge in [0, 0.05) is 17.9 Å². The van der Waals surface area contributed by atoms with E-state index < -0.39 is 0 Å². The summed E-state index contributed by atoms with van der Waals surface area (Å²) in [6.45, 7) is 2.50. The maximum Gasteiger partial charge on any atom is 0.234 e. The van der Waals surface area contributed by atoms with E-state index in [1.165, 1.54) is 24.8 Å². The molecule has 33 heavy (non-hydrogen) atoms. The molecule has 0 atom stereocenters. The van der Waals surface area contributed by atoms with Gasteiger partial charge in [-0.3, -0.25) is 14.5 Å². The minimum Gasteiger partial charge on any atom is -0.506 e. The van der Waals surface area contributed by atoms with Gasteiger partial charge in [-0.25, -0.2) is 0 Å². The molecule has 1 saturated heterocycles. The molecule has 6 nitrogen and oxygen atoms in total. The standard InChI is InChI=1S/C27H35N3O3/c31-24-12-6-5-11-23(24)29-26(33)21-13-17-30(18-14-21)19-25(32)28-20-27(15-7-2-8-16-27)22-9-3-1-4-10-22/h1,3-6,9-12,21,31H,2,7-8,13-20H2,(H,28,32)(H,29,33). The number of aromatic hydroxyl groups is 1. The molecule has 1 aliphatic heterocycles. The Morgan fingerprint density at radius 3 is 2.30 bits per heavy atom. The molecule has 0 spiro atoms. The maximum atomic E-state index is 12.8. The summed E-state index contributed by atoms with van der Waals surface area (Å²) in [6, 6.07) is 17.4. The topological polar surface area (TPSA) is 81.7 Å². The molecule has 0 aromatic heterocycles.